The molecule has 0 aliphatic carbocycles. The summed E-state index contributed by atoms with van der Waals surface area (Å²) in [5, 5.41) is 6.49. The highest BCUT2D eigenvalue weighted by Crippen LogP contribution is 2.34. The fourth-order valence-corrected chi connectivity index (χ4v) is 3.40. The Labute approximate surface area is 113 Å². The van der Waals surface area contributed by atoms with Crippen molar-refractivity contribution in [3.63, 3.8) is 0 Å². The van der Waals surface area contributed by atoms with Crippen LogP contribution in [0.3, 0.4) is 0 Å². The van der Waals surface area contributed by atoms with Crippen molar-refractivity contribution in [1.29, 1.82) is 0 Å². The molecule has 0 atom stereocenters. The van der Waals surface area contributed by atoms with E-state index in [1.54, 1.807) is 7.05 Å². The smallest absolute Gasteiger partial charge is 0.170 e. The van der Waals surface area contributed by atoms with Gasteiger partial charge in [-0.05, 0) is 56.2 Å². The fraction of sp³-hybridized carbons (Fsp3) is 0.125. The van der Waals surface area contributed by atoms with Gasteiger partial charge < -0.3 is 10.6 Å². The van der Waals surface area contributed by atoms with Gasteiger partial charge in [0.2, 0.25) is 0 Å². The van der Waals surface area contributed by atoms with Gasteiger partial charge in [0.15, 0.2) is 5.11 Å². The van der Waals surface area contributed by atoms with Gasteiger partial charge in [-0.15, -0.1) is 0 Å². The first-order chi connectivity index (χ1) is 6.54. The molecule has 0 aliphatic heterocycles. The molecule has 0 amide bonds. The third-order valence-corrected chi connectivity index (χ3v) is 3.49. The van der Waals surface area contributed by atoms with Gasteiger partial charge in [-0.3, -0.25) is 0 Å². The van der Waals surface area contributed by atoms with Crippen LogP contribution in [0, 0.1) is 0 Å². The molecule has 0 fully saturated rings. The van der Waals surface area contributed by atoms with E-state index in [1.807, 2.05) is 12.1 Å². The summed E-state index contributed by atoms with van der Waals surface area (Å²) in [5.74, 6) is 0. The van der Waals surface area contributed by atoms with Crippen LogP contribution in [-0.4, -0.2) is 12.2 Å². The van der Waals surface area contributed by atoms with Crippen molar-refractivity contribution in [3.8, 4) is 0 Å². The van der Waals surface area contributed by atoms with Crippen LogP contribution < -0.4 is 10.6 Å². The van der Waals surface area contributed by atoms with E-state index < -0.39 is 0 Å². The number of nitrogens with one attached hydrogen (secondary N) is 2. The second-order valence-electron chi connectivity index (χ2n) is 2.45. The highest BCUT2D eigenvalue weighted by atomic mass is 79.9. The standard InChI is InChI=1S/C8H7Br3N2S/c1-12-8(14)13-7-5(10)2-4(9)3-6(7)11/h2-3H,1H3,(H2,12,13,14). The molecule has 14 heavy (non-hydrogen) atoms. The lowest BCUT2D eigenvalue weighted by Gasteiger charge is -2.11. The van der Waals surface area contributed by atoms with Gasteiger partial charge >= 0.3 is 0 Å². The Balaban J connectivity index is 3.02. The minimum absolute atomic E-state index is 0.578. The Morgan fingerprint density at radius 2 is 1.71 bits per heavy atom. The molecule has 0 saturated heterocycles. The lowest BCUT2D eigenvalue weighted by Crippen LogP contribution is -2.24. The largest absolute Gasteiger partial charge is 0.366 e. The first-order valence-electron chi connectivity index (χ1n) is 3.68. The number of hydrogen-bond donors (Lipinski definition) is 2. The van der Waals surface area contributed by atoms with E-state index in [4.69, 9.17) is 12.2 Å². The van der Waals surface area contributed by atoms with Crippen LogP contribution in [0.15, 0.2) is 25.6 Å². The molecular formula is C8H7Br3N2S. The molecule has 1 aromatic carbocycles. The number of thiocarbonyl (C=S) groups is 1. The Morgan fingerprint density at radius 3 is 2.14 bits per heavy atom. The molecule has 2 nitrogen and oxygen atoms in total. The van der Waals surface area contributed by atoms with Gasteiger partial charge in [0.25, 0.3) is 0 Å². The highest BCUT2D eigenvalue weighted by Gasteiger charge is 2.07. The van der Waals surface area contributed by atoms with E-state index in [2.05, 4.69) is 58.4 Å². The molecule has 0 heterocycles. The summed E-state index contributed by atoms with van der Waals surface area (Å²) in [5.41, 5.74) is 0.910. The summed E-state index contributed by atoms with van der Waals surface area (Å²) in [6.07, 6.45) is 0. The van der Waals surface area contributed by atoms with Crippen LogP contribution in [0.1, 0.15) is 0 Å². The van der Waals surface area contributed by atoms with E-state index in [1.165, 1.54) is 0 Å². The molecular weight excluding hydrogens is 396 g/mol. The second kappa shape index (κ2) is 5.44. The molecule has 76 valence electrons. The van der Waals surface area contributed by atoms with Gasteiger partial charge in [0, 0.05) is 20.5 Å². The number of halogens is 3. The fourth-order valence-electron chi connectivity index (χ4n) is 0.838. The normalized spacial score (nSPS) is 9.71. The molecule has 1 rings (SSSR count). The van der Waals surface area contributed by atoms with Crippen LogP contribution in [-0.2, 0) is 0 Å². The lowest BCUT2D eigenvalue weighted by atomic mass is 10.3. The molecule has 0 unspecified atom stereocenters. The van der Waals surface area contributed by atoms with E-state index in [0.717, 1.165) is 19.1 Å². The minimum Gasteiger partial charge on any atom is -0.366 e. The maximum atomic E-state index is 5.01. The predicted octanol–water partition coefficient (Wildman–Crippen LogP) is 3.89. The van der Waals surface area contributed by atoms with Crippen LogP contribution in [0.5, 0.6) is 0 Å². The topological polar surface area (TPSA) is 24.1 Å². The first-order valence-corrected chi connectivity index (χ1v) is 6.46. The number of rotatable bonds is 1. The summed E-state index contributed by atoms with van der Waals surface area (Å²) < 4.78 is 2.88. The molecule has 0 spiro atoms. The van der Waals surface area contributed by atoms with E-state index in [0.29, 0.717) is 5.11 Å². The number of anilines is 1. The summed E-state index contributed by atoms with van der Waals surface area (Å²) in [6.45, 7) is 0. The van der Waals surface area contributed by atoms with Crippen molar-refractivity contribution < 1.29 is 0 Å². The van der Waals surface area contributed by atoms with Crippen molar-refractivity contribution in [2.24, 2.45) is 0 Å². The maximum absolute atomic E-state index is 5.01. The molecule has 0 saturated carbocycles. The average Bonchev–Trinajstić information content (AvgIpc) is 2.10. The summed E-state index contributed by atoms with van der Waals surface area (Å²) in [7, 11) is 1.77. The monoisotopic (exact) mass is 400 g/mol. The molecule has 0 bridgehead atoms. The summed E-state index contributed by atoms with van der Waals surface area (Å²) in [6, 6.07) is 3.90. The summed E-state index contributed by atoms with van der Waals surface area (Å²) >= 11 is 15.3. The maximum Gasteiger partial charge on any atom is 0.170 e. The van der Waals surface area contributed by atoms with E-state index in [9.17, 15) is 0 Å². The van der Waals surface area contributed by atoms with Gasteiger partial charge in [0.05, 0.1) is 5.69 Å². The third kappa shape index (κ3) is 3.18. The van der Waals surface area contributed by atoms with Crippen molar-refractivity contribution in [1.82, 2.24) is 5.32 Å². The van der Waals surface area contributed by atoms with Gasteiger partial charge in [0.1, 0.15) is 0 Å². The van der Waals surface area contributed by atoms with Gasteiger partial charge in [-0.2, -0.15) is 0 Å². The molecule has 0 aromatic heterocycles. The van der Waals surface area contributed by atoms with Crippen LogP contribution >= 0.6 is 60.0 Å². The van der Waals surface area contributed by atoms with Crippen LogP contribution in [0.25, 0.3) is 0 Å². The Kier molecular flexibility index (Phi) is 4.82. The Hall–Kier alpha value is 0.350. The summed E-state index contributed by atoms with van der Waals surface area (Å²) in [4.78, 5) is 0. The van der Waals surface area contributed by atoms with Gasteiger partial charge in [-0.25, -0.2) is 0 Å². The molecule has 0 aliphatic rings. The molecule has 0 radical (unpaired) electrons. The van der Waals surface area contributed by atoms with E-state index >= 15 is 0 Å². The van der Waals surface area contributed by atoms with Crippen LogP contribution in [0.4, 0.5) is 5.69 Å². The zero-order valence-corrected chi connectivity index (χ0v) is 12.8. The average molecular weight is 403 g/mol. The van der Waals surface area contributed by atoms with Crippen molar-refractivity contribution in [3.05, 3.63) is 25.6 Å². The minimum atomic E-state index is 0.578. The second-order valence-corrected chi connectivity index (χ2v) is 5.48. The highest BCUT2D eigenvalue weighted by molar-refractivity contribution is 9.11. The van der Waals surface area contributed by atoms with Crippen molar-refractivity contribution >= 4 is 70.8 Å². The SMILES string of the molecule is CNC(=S)Nc1c(Br)cc(Br)cc1Br. The zero-order valence-electron chi connectivity index (χ0n) is 7.20. The Morgan fingerprint density at radius 1 is 1.21 bits per heavy atom. The number of hydrogen-bond acceptors (Lipinski definition) is 1. The van der Waals surface area contributed by atoms with Crippen LogP contribution in [0.2, 0.25) is 0 Å². The lowest BCUT2D eigenvalue weighted by molar-refractivity contribution is 1.19. The molecule has 2 N–H and O–H groups in total. The van der Waals surface area contributed by atoms with Crippen molar-refractivity contribution in [2.75, 3.05) is 12.4 Å². The first kappa shape index (κ1) is 12.4. The van der Waals surface area contributed by atoms with E-state index in [-0.39, 0.29) is 0 Å². The molecule has 6 heteroatoms. The molecule has 1 aromatic rings. The third-order valence-electron chi connectivity index (χ3n) is 1.47. The zero-order chi connectivity index (χ0) is 10.7. The quantitative estimate of drug-likeness (QED) is 0.697. The Bertz CT molecular complexity index is 345. The van der Waals surface area contributed by atoms with Crippen molar-refractivity contribution in [2.45, 2.75) is 0 Å². The number of benzene rings is 1. The predicted molar refractivity (Wildman–Crippen MR) is 74.8 cm³/mol. The van der Waals surface area contributed by atoms with Gasteiger partial charge in [-0.1, -0.05) is 15.9 Å².